The number of aryl methyl sites for hydroxylation is 1. The fourth-order valence-corrected chi connectivity index (χ4v) is 4.85. The molecule has 0 saturated carbocycles. The van der Waals surface area contributed by atoms with Gasteiger partial charge in [0.15, 0.2) is 11.4 Å². The zero-order valence-electron chi connectivity index (χ0n) is 23.1. The van der Waals surface area contributed by atoms with Gasteiger partial charge in [0.05, 0.1) is 6.61 Å². The predicted molar refractivity (Wildman–Crippen MR) is 148 cm³/mol. The van der Waals surface area contributed by atoms with Gasteiger partial charge < -0.3 is 4.74 Å². The number of hydrogen-bond donors (Lipinski definition) is 1. The van der Waals surface area contributed by atoms with Crippen molar-refractivity contribution in [3.05, 3.63) is 23.8 Å². The van der Waals surface area contributed by atoms with Gasteiger partial charge >= 0.3 is 0 Å². The van der Waals surface area contributed by atoms with E-state index < -0.39 is 0 Å². The Morgan fingerprint density at radius 2 is 1.12 bits per heavy atom. The Labute approximate surface area is 212 Å². The number of benzene rings is 1. The zero-order valence-corrected chi connectivity index (χ0v) is 23.1. The number of nitrogens with zero attached hydrogens (tertiary/aromatic N) is 1. The first-order valence-corrected chi connectivity index (χ1v) is 14.9. The minimum Gasteiger partial charge on any atom is -0.491 e. The largest absolute Gasteiger partial charge is 0.491 e. The average molecular weight is 474 g/mol. The van der Waals surface area contributed by atoms with Crippen molar-refractivity contribution in [2.45, 2.75) is 149 Å². The molecule has 34 heavy (non-hydrogen) atoms. The van der Waals surface area contributed by atoms with Gasteiger partial charge in [-0.1, -0.05) is 135 Å². The summed E-state index contributed by atoms with van der Waals surface area (Å²) in [6, 6.07) is 6.07. The van der Waals surface area contributed by atoms with Gasteiger partial charge in [0.25, 0.3) is 0 Å². The van der Waals surface area contributed by atoms with Gasteiger partial charge in [0.1, 0.15) is 0 Å². The summed E-state index contributed by atoms with van der Waals surface area (Å²) in [5.41, 5.74) is 7.53. The van der Waals surface area contributed by atoms with Gasteiger partial charge in [-0.3, -0.25) is 0 Å². The predicted octanol–water partition coefficient (Wildman–Crippen LogP) is 9.67. The van der Waals surface area contributed by atoms with Crippen LogP contribution in [0.5, 0.6) is 5.75 Å². The summed E-state index contributed by atoms with van der Waals surface area (Å²) < 4.78 is 6.26. The van der Waals surface area contributed by atoms with E-state index in [0.717, 1.165) is 18.0 Å². The van der Waals surface area contributed by atoms with E-state index >= 15 is 0 Å². The third-order valence-corrected chi connectivity index (χ3v) is 7.16. The third-order valence-electron chi connectivity index (χ3n) is 7.16. The highest BCUT2D eigenvalue weighted by atomic mass is 16.5. The number of ether oxygens (including phenoxy) is 1. The molecule has 0 radical (unpaired) electrons. The molecule has 0 aliphatic heterocycles. The van der Waals surface area contributed by atoms with Gasteiger partial charge in [-0.25, -0.2) is 0 Å². The second kappa shape index (κ2) is 22.1. The number of rotatable bonds is 24. The van der Waals surface area contributed by atoms with E-state index in [1.54, 1.807) is 0 Å². The molecule has 0 amide bonds. The molecule has 3 heteroatoms. The molecule has 1 aromatic carbocycles. The summed E-state index contributed by atoms with van der Waals surface area (Å²) in [4.78, 5) is 0. The van der Waals surface area contributed by atoms with Crippen LogP contribution in [-0.4, -0.2) is 6.61 Å². The molecule has 196 valence electrons. The van der Waals surface area contributed by atoms with Crippen LogP contribution < -0.4 is 10.3 Å². The molecule has 0 aliphatic rings. The number of nitrogens with two attached hydrogens (primary N) is 1. The molecule has 0 aliphatic carbocycles. The Kier molecular flexibility index (Phi) is 19.9. The maximum absolute atomic E-state index is 6.26. The lowest BCUT2D eigenvalue weighted by Gasteiger charge is -2.18. The maximum atomic E-state index is 6.26. The van der Waals surface area contributed by atoms with Crippen molar-refractivity contribution in [3.8, 4) is 5.75 Å². The minimum atomic E-state index is 0.639. The maximum Gasteiger partial charge on any atom is 0.171 e. The molecule has 0 fully saturated rings. The Hall–Kier alpha value is -1.38. The van der Waals surface area contributed by atoms with Crippen molar-refractivity contribution in [2.75, 3.05) is 6.61 Å². The van der Waals surface area contributed by atoms with Gasteiger partial charge in [0.2, 0.25) is 0 Å². The quantitative estimate of drug-likeness (QED) is 0.118. The van der Waals surface area contributed by atoms with Crippen LogP contribution in [0.2, 0.25) is 0 Å². The lowest BCUT2D eigenvalue weighted by atomic mass is 9.94. The molecule has 1 atom stereocenters. The highest BCUT2D eigenvalue weighted by molar-refractivity contribution is 5.52. The van der Waals surface area contributed by atoms with Crippen LogP contribution in [0.4, 0.5) is 5.69 Å². The summed E-state index contributed by atoms with van der Waals surface area (Å²) in [5.74, 6) is 1.48. The third kappa shape index (κ3) is 16.3. The smallest absolute Gasteiger partial charge is 0.171 e. The molecule has 1 aromatic rings. The second-order valence-electron chi connectivity index (χ2n) is 10.5. The van der Waals surface area contributed by atoms with E-state index in [-0.39, 0.29) is 0 Å². The van der Waals surface area contributed by atoms with E-state index in [0.29, 0.717) is 5.92 Å². The van der Waals surface area contributed by atoms with Crippen LogP contribution in [0, 0.1) is 12.8 Å². The van der Waals surface area contributed by atoms with Gasteiger partial charge in [-0.2, -0.15) is 5.53 Å². The van der Waals surface area contributed by atoms with Crippen molar-refractivity contribution in [3.63, 3.8) is 0 Å². The lowest BCUT2D eigenvalue weighted by molar-refractivity contribution is -0.210. The summed E-state index contributed by atoms with van der Waals surface area (Å²) in [7, 11) is 0. The van der Waals surface area contributed by atoms with Crippen LogP contribution in [0.1, 0.15) is 148 Å². The standard InChI is InChI=1S/C31H56N2O/c1-4-6-8-10-12-14-15-17-19-21-23-29(22-20-18-16-13-11-9-7-5-2)27-34-31-26-28(3)24-25-30(31)33-32/h24-26,29,32H,4-23,27H2,1-3H3/p+1. The van der Waals surface area contributed by atoms with E-state index in [4.69, 9.17) is 10.3 Å². The van der Waals surface area contributed by atoms with Crippen LogP contribution in [0.15, 0.2) is 23.3 Å². The molecule has 0 heterocycles. The topological polar surface area (TPSA) is 47.2 Å². The molecule has 0 spiro atoms. The fourth-order valence-electron chi connectivity index (χ4n) is 4.85. The fraction of sp³-hybridized carbons (Fsp3) is 0.806. The first-order chi connectivity index (χ1) is 16.7. The normalized spacial score (nSPS) is 12.1. The molecule has 2 N–H and O–H groups in total. The van der Waals surface area contributed by atoms with Gasteiger partial charge in [-0.05, 0) is 48.5 Å². The molecule has 0 saturated heterocycles. The monoisotopic (exact) mass is 473 g/mol. The number of hydrogen-bond acceptors (Lipinski definition) is 2. The van der Waals surface area contributed by atoms with Crippen molar-refractivity contribution in [1.29, 1.82) is 0 Å². The summed E-state index contributed by atoms with van der Waals surface area (Å²) in [6.07, 6.45) is 27.6. The minimum absolute atomic E-state index is 0.639. The highest BCUT2D eigenvalue weighted by Crippen LogP contribution is 2.29. The Morgan fingerprint density at radius 3 is 1.56 bits per heavy atom. The van der Waals surface area contributed by atoms with Crippen LogP contribution in [0.25, 0.3) is 0 Å². The summed E-state index contributed by atoms with van der Waals surface area (Å²) in [6.45, 7) is 7.47. The highest BCUT2D eigenvalue weighted by Gasteiger charge is 2.12. The molecule has 3 nitrogen and oxygen atoms in total. The average Bonchev–Trinajstić information content (AvgIpc) is 2.84. The first-order valence-electron chi connectivity index (χ1n) is 14.9. The van der Waals surface area contributed by atoms with E-state index in [1.165, 1.54) is 134 Å². The molecular formula is C31H57N2O+. The van der Waals surface area contributed by atoms with Gasteiger partial charge in [-0.15, -0.1) is 0 Å². The van der Waals surface area contributed by atoms with Gasteiger partial charge in [0, 0.05) is 0 Å². The molecule has 0 aromatic heterocycles. The zero-order chi connectivity index (χ0) is 24.7. The van der Waals surface area contributed by atoms with Crippen molar-refractivity contribution in [1.82, 2.24) is 0 Å². The SMILES string of the molecule is CCCCCCCCCCCCC(CCCCCCCCCC)COc1cc(C)ccc1N=[NH2+]. The Balaban J connectivity index is 2.33. The van der Waals surface area contributed by atoms with E-state index in [1.807, 2.05) is 12.1 Å². The number of unbranched alkanes of at least 4 members (excludes halogenated alkanes) is 16. The Bertz CT molecular complexity index is 601. The molecule has 1 rings (SSSR count). The first kappa shape index (κ1) is 30.7. The second-order valence-corrected chi connectivity index (χ2v) is 10.5. The van der Waals surface area contributed by atoms with Crippen molar-refractivity contribution in [2.24, 2.45) is 11.0 Å². The van der Waals surface area contributed by atoms with E-state index in [2.05, 4.69) is 32.0 Å². The van der Waals surface area contributed by atoms with E-state index in [9.17, 15) is 0 Å². The lowest BCUT2D eigenvalue weighted by Crippen LogP contribution is -2.22. The summed E-state index contributed by atoms with van der Waals surface area (Å²) >= 11 is 0. The Morgan fingerprint density at radius 1 is 0.676 bits per heavy atom. The van der Waals surface area contributed by atoms with Crippen LogP contribution in [-0.2, 0) is 0 Å². The van der Waals surface area contributed by atoms with Crippen molar-refractivity contribution >= 4 is 5.69 Å². The molecule has 1 unspecified atom stereocenters. The van der Waals surface area contributed by atoms with Crippen molar-refractivity contribution < 1.29 is 10.3 Å². The molecule has 0 bridgehead atoms. The van der Waals surface area contributed by atoms with Crippen LogP contribution in [0.3, 0.4) is 0 Å². The molecular weight excluding hydrogens is 416 g/mol. The van der Waals surface area contributed by atoms with Crippen LogP contribution >= 0.6 is 0 Å². The summed E-state index contributed by atoms with van der Waals surface area (Å²) in [5, 5.41) is 3.91.